The largest absolute Gasteiger partial charge is 0.493 e. The van der Waals surface area contributed by atoms with E-state index in [0.717, 1.165) is 0 Å². The molecule has 0 radical (unpaired) electrons. The second kappa shape index (κ2) is 5.10. The summed E-state index contributed by atoms with van der Waals surface area (Å²) in [4.78, 5) is 12.9. The zero-order chi connectivity index (χ0) is 13.1. The van der Waals surface area contributed by atoms with Crippen LogP contribution in [0.4, 0.5) is 5.69 Å². The molecule has 2 aromatic rings. The van der Waals surface area contributed by atoms with Crippen LogP contribution in [0.5, 0.6) is 11.5 Å². The van der Waals surface area contributed by atoms with Crippen molar-refractivity contribution < 1.29 is 14.3 Å². The lowest BCUT2D eigenvalue weighted by molar-refractivity contribution is 0.104. The minimum Gasteiger partial charge on any atom is -0.493 e. The molecule has 1 aromatic heterocycles. The zero-order valence-electron chi connectivity index (χ0n) is 10.1. The number of hydrogen-bond acceptors (Lipinski definition) is 5. The molecule has 2 rings (SSSR count). The standard InChI is InChI=1S/C13H13NO3S/c1-16-10-6-8(9(14)7-11(10)17-2)13(15)12-4-3-5-18-12/h3-7H,14H2,1-2H3. The highest BCUT2D eigenvalue weighted by atomic mass is 32.1. The smallest absolute Gasteiger partial charge is 0.205 e. The highest BCUT2D eigenvalue weighted by Crippen LogP contribution is 2.33. The summed E-state index contributed by atoms with van der Waals surface area (Å²) >= 11 is 1.38. The molecule has 1 heterocycles. The lowest BCUT2D eigenvalue weighted by atomic mass is 10.1. The second-order valence-corrected chi connectivity index (χ2v) is 4.55. The molecular weight excluding hydrogens is 250 g/mol. The Morgan fingerprint density at radius 2 is 1.89 bits per heavy atom. The topological polar surface area (TPSA) is 61.5 Å². The van der Waals surface area contributed by atoms with E-state index in [0.29, 0.717) is 27.6 Å². The van der Waals surface area contributed by atoms with Crippen LogP contribution in [-0.4, -0.2) is 20.0 Å². The predicted molar refractivity (Wildman–Crippen MR) is 71.7 cm³/mol. The number of nitrogens with two attached hydrogens (primary N) is 1. The van der Waals surface area contributed by atoms with E-state index in [1.165, 1.54) is 25.6 Å². The molecule has 0 fully saturated rings. The SMILES string of the molecule is COc1cc(N)c(C(=O)c2cccs2)cc1OC. The van der Waals surface area contributed by atoms with Crippen molar-refractivity contribution in [3.05, 3.63) is 40.1 Å². The van der Waals surface area contributed by atoms with Crippen molar-refractivity contribution in [3.8, 4) is 11.5 Å². The van der Waals surface area contributed by atoms with Gasteiger partial charge < -0.3 is 15.2 Å². The molecule has 0 atom stereocenters. The number of ether oxygens (including phenoxy) is 2. The van der Waals surface area contributed by atoms with Gasteiger partial charge in [0.1, 0.15) is 0 Å². The van der Waals surface area contributed by atoms with E-state index < -0.39 is 0 Å². The Balaban J connectivity index is 2.48. The first-order valence-electron chi connectivity index (χ1n) is 5.27. The van der Waals surface area contributed by atoms with Crippen molar-refractivity contribution >= 4 is 22.8 Å². The Morgan fingerprint density at radius 1 is 1.22 bits per heavy atom. The molecule has 94 valence electrons. The van der Waals surface area contributed by atoms with E-state index in [4.69, 9.17) is 15.2 Å². The van der Waals surface area contributed by atoms with Crippen LogP contribution in [-0.2, 0) is 0 Å². The lowest BCUT2D eigenvalue weighted by Gasteiger charge is -2.11. The summed E-state index contributed by atoms with van der Waals surface area (Å²) in [5.41, 5.74) is 6.68. The van der Waals surface area contributed by atoms with Crippen LogP contribution < -0.4 is 15.2 Å². The normalized spacial score (nSPS) is 10.1. The fraction of sp³-hybridized carbons (Fsp3) is 0.154. The number of ketones is 1. The van der Waals surface area contributed by atoms with Gasteiger partial charge in [0.05, 0.1) is 24.7 Å². The van der Waals surface area contributed by atoms with Gasteiger partial charge in [-0.2, -0.15) is 0 Å². The number of hydrogen-bond donors (Lipinski definition) is 1. The van der Waals surface area contributed by atoms with Crippen LogP contribution in [0.1, 0.15) is 15.2 Å². The third-order valence-corrected chi connectivity index (χ3v) is 3.41. The van der Waals surface area contributed by atoms with Gasteiger partial charge in [-0.05, 0) is 17.5 Å². The van der Waals surface area contributed by atoms with E-state index in [9.17, 15) is 4.79 Å². The van der Waals surface area contributed by atoms with Gasteiger partial charge in [-0.25, -0.2) is 0 Å². The number of rotatable bonds is 4. The maximum Gasteiger partial charge on any atom is 0.205 e. The van der Waals surface area contributed by atoms with Crippen LogP contribution >= 0.6 is 11.3 Å². The van der Waals surface area contributed by atoms with Gasteiger partial charge in [0.25, 0.3) is 0 Å². The van der Waals surface area contributed by atoms with E-state index in [1.54, 1.807) is 18.2 Å². The van der Waals surface area contributed by atoms with E-state index in [-0.39, 0.29) is 5.78 Å². The van der Waals surface area contributed by atoms with Crippen molar-refractivity contribution in [3.63, 3.8) is 0 Å². The van der Waals surface area contributed by atoms with Gasteiger partial charge in [-0.3, -0.25) is 4.79 Å². The summed E-state index contributed by atoms with van der Waals surface area (Å²) in [7, 11) is 3.05. The van der Waals surface area contributed by atoms with Gasteiger partial charge >= 0.3 is 0 Å². The first kappa shape index (κ1) is 12.4. The first-order chi connectivity index (χ1) is 8.67. The molecule has 0 saturated carbocycles. The molecular formula is C13H13NO3S. The fourth-order valence-corrected chi connectivity index (χ4v) is 2.31. The molecule has 0 aliphatic carbocycles. The van der Waals surface area contributed by atoms with Crippen molar-refractivity contribution in [2.75, 3.05) is 20.0 Å². The maximum absolute atomic E-state index is 12.2. The Labute approximate surface area is 109 Å². The number of anilines is 1. The number of nitrogen functional groups attached to an aromatic ring is 1. The van der Waals surface area contributed by atoms with Crippen LogP contribution in [0.15, 0.2) is 29.6 Å². The first-order valence-corrected chi connectivity index (χ1v) is 6.15. The van der Waals surface area contributed by atoms with Crippen LogP contribution in [0, 0.1) is 0 Å². The molecule has 0 aliphatic rings. The molecule has 4 nitrogen and oxygen atoms in total. The Morgan fingerprint density at radius 3 is 2.44 bits per heavy atom. The Kier molecular flexibility index (Phi) is 3.53. The molecule has 0 spiro atoms. The van der Waals surface area contributed by atoms with Gasteiger partial charge in [0.15, 0.2) is 11.5 Å². The second-order valence-electron chi connectivity index (χ2n) is 3.60. The third-order valence-electron chi connectivity index (χ3n) is 2.55. The highest BCUT2D eigenvalue weighted by Gasteiger charge is 2.17. The van der Waals surface area contributed by atoms with Crippen molar-refractivity contribution in [1.29, 1.82) is 0 Å². The monoisotopic (exact) mass is 263 g/mol. The minimum atomic E-state index is -0.108. The summed E-state index contributed by atoms with van der Waals surface area (Å²) in [5.74, 6) is 0.896. The average Bonchev–Trinajstić information content (AvgIpc) is 2.91. The van der Waals surface area contributed by atoms with E-state index >= 15 is 0 Å². The molecule has 0 saturated heterocycles. The van der Waals surface area contributed by atoms with Crippen molar-refractivity contribution in [2.24, 2.45) is 0 Å². The Hall–Kier alpha value is -2.01. The number of thiophene rings is 1. The summed E-state index contributed by atoms with van der Waals surface area (Å²) in [6.07, 6.45) is 0. The molecule has 2 N–H and O–H groups in total. The number of carbonyl (C=O) groups excluding carboxylic acids is 1. The molecule has 0 amide bonds. The molecule has 0 bridgehead atoms. The van der Waals surface area contributed by atoms with Gasteiger partial charge in [0.2, 0.25) is 5.78 Å². The summed E-state index contributed by atoms with van der Waals surface area (Å²) in [6, 6.07) is 6.80. The molecule has 18 heavy (non-hydrogen) atoms. The average molecular weight is 263 g/mol. The van der Waals surface area contributed by atoms with Gasteiger partial charge in [0, 0.05) is 11.8 Å². The summed E-state index contributed by atoms with van der Waals surface area (Å²) < 4.78 is 10.3. The molecule has 1 aromatic carbocycles. The van der Waals surface area contributed by atoms with Crippen LogP contribution in [0.2, 0.25) is 0 Å². The highest BCUT2D eigenvalue weighted by molar-refractivity contribution is 7.12. The zero-order valence-corrected chi connectivity index (χ0v) is 10.9. The quantitative estimate of drug-likeness (QED) is 0.680. The Bertz CT molecular complexity index is 564. The minimum absolute atomic E-state index is 0.108. The van der Waals surface area contributed by atoms with E-state index in [1.807, 2.05) is 11.4 Å². The van der Waals surface area contributed by atoms with Crippen molar-refractivity contribution in [1.82, 2.24) is 0 Å². The fourth-order valence-electron chi connectivity index (χ4n) is 1.63. The molecule has 5 heteroatoms. The van der Waals surface area contributed by atoms with Gasteiger partial charge in [-0.1, -0.05) is 6.07 Å². The lowest BCUT2D eigenvalue weighted by Crippen LogP contribution is -2.05. The number of methoxy groups -OCH3 is 2. The maximum atomic E-state index is 12.2. The van der Waals surface area contributed by atoms with E-state index in [2.05, 4.69) is 0 Å². The summed E-state index contributed by atoms with van der Waals surface area (Å²) in [5, 5.41) is 1.85. The number of carbonyl (C=O) groups is 1. The summed E-state index contributed by atoms with van der Waals surface area (Å²) in [6.45, 7) is 0. The van der Waals surface area contributed by atoms with Crippen molar-refractivity contribution in [2.45, 2.75) is 0 Å². The molecule has 0 aliphatic heterocycles. The van der Waals surface area contributed by atoms with Crippen LogP contribution in [0.3, 0.4) is 0 Å². The predicted octanol–water partition coefficient (Wildman–Crippen LogP) is 2.58. The van der Waals surface area contributed by atoms with Gasteiger partial charge in [-0.15, -0.1) is 11.3 Å². The van der Waals surface area contributed by atoms with Crippen LogP contribution in [0.25, 0.3) is 0 Å². The number of benzene rings is 1. The third kappa shape index (κ3) is 2.17. The molecule has 0 unspecified atom stereocenters.